The van der Waals surface area contributed by atoms with Gasteiger partial charge in [-0.15, -0.1) is 0 Å². The minimum atomic E-state index is -1.38. The van der Waals surface area contributed by atoms with Crippen LogP contribution in [-0.4, -0.2) is 21.1 Å². The SMILES string of the molecule is CC(C)([Si](C)(C)C)[Si](C)(C)c1ccc[nH]1. The van der Waals surface area contributed by atoms with Gasteiger partial charge in [0.15, 0.2) is 0 Å². The van der Waals surface area contributed by atoms with Crippen molar-refractivity contribution in [3.63, 3.8) is 0 Å². The molecular formula is C12H25NSi2. The molecule has 0 amide bonds. The minimum Gasteiger partial charge on any atom is -0.369 e. The van der Waals surface area contributed by atoms with Crippen LogP contribution in [0.1, 0.15) is 13.8 Å². The normalized spacial score (nSPS) is 14.3. The Labute approximate surface area is 96.3 Å². The molecule has 1 rings (SSSR count). The van der Waals surface area contributed by atoms with Crippen molar-refractivity contribution in [3.8, 4) is 0 Å². The van der Waals surface area contributed by atoms with Gasteiger partial charge < -0.3 is 4.98 Å². The zero-order valence-corrected chi connectivity index (χ0v) is 13.2. The molecule has 1 aromatic heterocycles. The van der Waals surface area contributed by atoms with Crippen molar-refractivity contribution in [2.45, 2.75) is 51.2 Å². The van der Waals surface area contributed by atoms with Crippen molar-refractivity contribution in [1.82, 2.24) is 4.98 Å². The Kier molecular flexibility index (Phi) is 3.09. The van der Waals surface area contributed by atoms with Crippen LogP contribution in [-0.2, 0) is 0 Å². The Morgan fingerprint density at radius 3 is 1.93 bits per heavy atom. The van der Waals surface area contributed by atoms with E-state index in [2.05, 4.69) is 69.9 Å². The summed E-state index contributed by atoms with van der Waals surface area (Å²) in [6, 6.07) is 4.40. The first kappa shape index (κ1) is 12.8. The zero-order valence-electron chi connectivity index (χ0n) is 11.2. The Balaban J connectivity index is 3.17. The van der Waals surface area contributed by atoms with Gasteiger partial charge in [0, 0.05) is 14.3 Å². The summed E-state index contributed by atoms with van der Waals surface area (Å²) in [5.74, 6) is 0. The van der Waals surface area contributed by atoms with Gasteiger partial charge in [0.1, 0.15) is 8.07 Å². The van der Waals surface area contributed by atoms with Gasteiger partial charge in [0.05, 0.1) is 0 Å². The molecule has 0 fully saturated rings. The van der Waals surface area contributed by atoms with Crippen molar-refractivity contribution in [1.29, 1.82) is 0 Å². The van der Waals surface area contributed by atoms with Crippen molar-refractivity contribution in [2.24, 2.45) is 0 Å². The number of rotatable bonds is 3. The number of aromatic nitrogens is 1. The summed E-state index contributed by atoms with van der Waals surface area (Å²) in [7, 11) is -2.52. The van der Waals surface area contributed by atoms with Gasteiger partial charge in [0.2, 0.25) is 0 Å². The van der Waals surface area contributed by atoms with E-state index in [0.29, 0.717) is 4.66 Å². The maximum Gasteiger partial charge on any atom is 0.104 e. The Morgan fingerprint density at radius 1 is 1.07 bits per heavy atom. The Hall–Kier alpha value is -0.286. The van der Waals surface area contributed by atoms with E-state index in [4.69, 9.17) is 0 Å². The highest BCUT2D eigenvalue weighted by atomic mass is 28.4. The zero-order chi connectivity index (χ0) is 11.9. The molecule has 1 aromatic rings. The van der Waals surface area contributed by atoms with E-state index >= 15 is 0 Å². The highest BCUT2D eigenvalue weighted by molar-refractivity contribution is 7.04. The van der Waals surface area contributed by atoms with Gasteiger partial charge >= 0.3 is 0 Å². The van der Waals surface area contributed by atoms with E-state index in [9.17, 15) is 0 Å². The summed E-state index contributed by atoms with van der Waals surface area (Å²) in [6.07, 6.45) is 2.06. The molecule has 0 unspecified atom stereocenters. The van der Waals surface area contributed by atoms with Crippen molar-refractivity contribution in [2.75, 3.05) is 0 Å². The quantitative estimate of drug-likeness (QED) is 0.776. The molecule has 0 bridgehead atoms. The first-order chi connectivity index (χ1) is 6.61. The first-order valence-electron chi connectivity index (χ1n) is 5.74. The lowest BCUT2D eigenvalue weighted by Gasteiger charge is -2.48. The third kappa shape index (κ3) is 1.99. The molecule has 86 valence electrons. The second kappa shape index (κ2) is 3.63. The number of hydrogen-bond donors (Lipinski definition) is 1. The molecule has 3 heteroatoms. The van der Waals surface area contributed by atoms with Gasteiger partial charge in [-0.2, -0.15) is 0 Å². The second-order valence-electron chi connectivity index (χ2n) is 6.58. The van der Waals surface area contributed by atoms with E-state index in [1.165, 1.54) is 5.32 Å². The van der Waals surface area contributed by atoms with Crippen LogP contribution in [0.3, 0.4) is 0 Å². The highest BCUT2D eigenvalue weighted by Gasteiger charge is 2.49. The topological polar surface area (TPSA) is 15.8 Å². The van der Waals surface area contributed by atoms with Crippen molar-refractivity contribution < 1.29 is 0 Å². The standard InChI is InChI=1S/C12H25NSi2/c1-12(2,14(3,4)5)15(6,7)11-9-8-10-13-11/h8-10,13H,1-7H3. The van der Waals surface area contributed by atoms with E-state index in [-0.39, 0.29) is 0 Å². The van der Waals surface area contributed by atoms with Gasteiger partial charge in [-0.3, -0.25) is 0 Å². The molecule has 0 spiro atoms. The summed E-state index contributed by atoms with van der Waals surface area (Å²) in [5.41, 5.74) is 0. The largest absolute Gasteiger partial charge is 0.369 e. The monoisotopic (exact) mass is 239 g/mol. The van der Waals surface area contributed by atoms with Gasteiger partial charge in [-0.1, -0.05) is 46.6 Å². The van der Waals surface area contributed by atoms with Crippen LogP contribution in [0, 0.1) is 0 Å². The summed E-state index contributed by atoms with van der Waals surface area (Å²) in [4.78, 5) is 3.44. The van der Waals surface area contributed by atoms with E-state index in [1.54, 1.807) is 0 Å². The lowest BCUT2D eigenvalue weighted by atomic mass is 10.5. The van der Waals surface area contributed by atoms with Gasteiger partial charge in [0.25, 0.3) is 0 Å². The van der Waals surface area contributed by atoms with Crippen LogP contribution in [0.2, 0.25) is 37.4 Å². The average molecular weight is 240 g/mol. The van der Waals surface area contributed by atoms with Crippen LogP contribution in [0.25, 0.3) is 0 Å². The van der Waals surface area contributed by atoms with Gasteiger partial charge in [-0.25, -0.2) is 0 Å². The molecule has 0 aromatic carbocycles. The summed E-state index contributed by atoms with van der Waals surface area (Å²) >= 11 is 0. The van der Waals surface area contributed by atoms with Crippen molar-refractivity contribution >= 4 is 21.5 Å². The third-order valence-electron chi connectivity index (χ3n) is 4.71. The maximum atomic E-state index is 3.44. The molecule has 0 aliphatic rings. The fraction of sp³-hybridized carbons (Fsp3) is 0.667. The Morgan fingerprint density at radius 2 is 1.60 bits per heavy atom. The summed E-state index contributed by atoms with van der Waals surface area (Å²) in [6.45, 7) is 17.4. The molecule has 0 aliphatic heterocycles. The molecule has 0 saturated heterocycles. The van der Waals surface area contributed by atoms with Crippen LogP contribution in [0.15, 0.2) is 18.3 Å². The average Bonchev–Trinajstić information content (AvgIpc) is 2.53. The minimum absolute atomic E-state index is 0.505. The highest BCUT2D eigenvalue weighted by Crippen LogP contribution is 2.44. The molecule has 1 nitrogen and oxygen atoms in total. The van der Waals surface area contributed by atoms with Crippen LogP contribution >= 0.6 is 0 Å². The molecule has 1 heterocycles. The van der Waals surface area contributed by atoms with E-state index in [0.717, 1.165) is 0 Å². The summed E-state index contributed by atoms with van der Waals surface area (Å²) in [5, 5.41) is 1.50. The number of aromatic amines is 1. The predicted octanol–water partition coefficient (Wildman–Crippen LogP) is 3.59. The van der Waals surface area contributed by atoms with Crippen LogP contribution < -0.4 is 5.32 Å². The second-order valence-corrected chi connectivity index (χ2v) is 17.9. The fourth-order valence-electron chi connectivity index (χ4n) is 1.99. The lowest BCUT2D eigenvalue weighted by molar-refractivity contribution is 0.867. The molecule has 1 N–H and O–H groups in total. The van der Waals surface area contributed by atoms with E-state index in [1.807, 2.05) is 0 Å². The molecule has 0 radical (unpaired) electrons. The van der Waals surface area contributed by atoms with E-state index < -0.39 is 16.1 Å². The smallest absolute Gasteiger partial charge is 0.104 e. The maximum absolute atomic E-state index is 3.44. The summed E-state index contributed by atoms with van der Waals surface area (Å²) < 4.78 is 0.505. The molecule has 0 atom stereocenters. The molecule has 0 aliphatic carbocycles. The molecular weight excluding hydrogens is 214 g/mol. The number of nitrogens with one attached hydrogen (secondary N) is 1. The van der Waals surface area contributed by atoms with Gasteiger partial charge in [-0.05, 0) is 22.1 Å². The van der Waals surface area contributed by atoms with Crippen LogP contribution in [0.4, 0.5) is 0 Å². The Bertz CT molecular complexity index is 318. The molecule has 15 heavy (non-hydrogen) atoms. The number of hydrogen-bond acceptors (Lipinski definition) is 0. The number of H-pyrrole nitrogens is 1. The molecule has 0 saturated carbocycles. The lowest BCUT2D eigenvalue weighted by Crippen LogP contribution is -2.60. The fourth-order valence-corrected chi connectivity index (χ4v) is 11.5. The van der Waals surface area contributed by atoms with Crippen molar-refractivity contribution in [3.05, 3.63) is 18.3 Å². The van der Waals surface area contributed by atoms with Crippen LogP contribution in [0.5, 0.6) is 0 Å². The third-order valence-corrected chi connectivity index (χ3v) is 17.4. The predicted molar refractivity (Wildman–Crippen MR) is 75.3 cm³/mol. The first-order valence-corrected chi connectivity index (χ1v) is 12.2.